The molecule has 0 spiro atoms. The van der Waals surface area contributed by atoms with Crippen LogP contribution in [0.5, 0.6) is 0 Å². The molecule has 26 heavy (non-hydrogen) atoms. The number of nitrogens with zero attached hydrogens (tertiary/aromatic N) is 5. The van der Waals surface area contributed by atoms with Crippen LogP contribution < -0.4 is 5.32 Å². The van der Waals surface area contributed by atoms with Crippen molar-refractivity contribution in [3.8, 4) is 0 Å². The Morgan fingerprint density at radius 3 is 2.92 bits per heavy atom. The molecule has 1 aromatic carbocycles. The van der Waals surface area contributed by atoms with Crippen molar-refractivity contribution in [3.63, 3.8) is 0 Å². The minimum Gasteiger partial charge on any atom is -0.295 e. The van der Waals surface area contributed by atoms with Crippen LogP contribution >= 0.6 is 22.9 Å². The Morgan fingerprint density at radius 1 is 1.27 bits per heavy atom. The lowest BCUT2D eigenvalue weighted by atomic mass is 10.1. The molecule has 0 aliphatic heterocycles. The van der Waals surface area contributed by atoms with Gasteiger partial charge in [-0.25, -0.2) is 14.5 Å². The van der Waals surface area contributed by atoms with Gasteiger partial charge in [0.1, 0.15) is 0 Å². The van der Waals surface area contributed by atoms with Gasteiger partial charge in [0.15, 0.2) is 5.13 Å². The van der Waals surface area contributed by atoms with Gasteiger partial charge in [-0.15, -0.1) is 16.4 Å². The van der Waals surface area contributed by atoms with Crippen LogP contribution in [0.15, 0.2) is 42.7 Å². The van der Waals surface area contributed by atoms with Crippen molar-refractivity contribution in [2.45, 2.75) is 13.3 Å². The summed E-state index contributed by atoms with van der Waals surface area (Å²) in [5.74, 6) is 0.0110. The molecule has 7 nitrogen and oxygen atoms in total. The van der Waals surface area contributed by atoms with Crippen molar-refractivity contribution >= 4 is 39.8 Å². The molecule has 0 fully saturated rings. The van der Waals surface area contributed by atoms with E-state index < -0.39 is 5.91 Å². The molecule has 0 saturated carbocycles. The molecular weight excluding hydrogens is 372 g/mol. The number of halogens is 1. The predicted molar refractivity (Wildman–Crippen MR) is 99.8 cm³/mol. The topological polar surface area (TPSA) is 85.1 Å². The Labute approximate surface area is 157 Å². The highest BCUT2D eigenvalue weighted by atomic mass is 35.5. The highest BCUT2D eigenvalue weighted by molar-refractivity contribution is 7.15. The van der Waals surface area contributed by atoms with Gasteiger partial charge in [-0.2, -0.15) is 4.98 Å². The standard InChI is InChI=1S/C17H13ClN6OS/c1-10-6-7-19-16-21-14(23-24(10)16)15(25)22-17-20-9-12(26-17)8-11-4-2-3-5-13(11)18/h2-7,9H,8H2,1H3,(H,20,22,25). The molecule has 0 radical (unpaired) electrons. The number of carbonyl (C=O) groups is 1. The van der Waals surface area contributed by atoms with E-state index in [-0.39, 0.29) is 5.82 Å². The lowest BCUT2D eigenvalue weighted by Crippen LogP contribution is -2.13. The van der Waals surface area contributed by atoms with E-state index in [1.807, 2.05) is 31.2 Å². The van der Waals surface area contributed by atoms with Crippen LogP contribution in [-0.4, -0.2) is 30.5 Å². The molecule has 0 aliphatic rings. The van der Waals surface area contributed by atoms with Crippen LogP contribution in [0.4, 0.5) is 5.13 Å². The third-order valence-electron chi connectivity index (χ3n) is 3.73. The van der Waals surface area contributed by atoms with E-state index in [1.165, 1.54) is 15.9 Å². The van der Waals surface area contributed by atoms with Crippen LogP contribution in [-0.2, 0) is 6.42 Å². The minimum absolute atomic E-state index is 0.0506. The second-order valence-corrected chi connectivity index (χ2v) is 7.11. The van der Waals surface area contributed by atoms with Gasteiger partial charge >= 0.3 is 0 Å². The first-order chi connectivity index (χ1) is 12.6. The molecule has 1 amide bonds. The third-order valence-corrected chi connectivity index (χ3v) is 5.01. The van der Waals surface area contributed by atoms with Crippen LogP contribution in [0, 0.1) is 6.92 Å². The number of aromatic nitrogens is 5. The number of nitrogens with one attached hydrogen (secondary N) is 1. The zero-order valence-corrected chi connectivity index (χ0v) is 15.3. The van der Waals surface area contributed by atoms with Crippen molar-refractivity contribution < 1.29 is 4.79 Å². The summed E-state index contributed by atoms with van der Waals surface area (Å²) in [5.41, 5.74) is 1.86. The first-order valence-electron chi connectivity index (χ1n) is 7.78. The fraction of sp³-hybridized carbons (Fsp3) is 0.118. The summed E-state index contributed by atoms with van der Waals surface area (Å²) in [6, 6.07) is 9.45. The molecule has 0 unspecified atom stereocenters. The fourth-order valence-electron chi connectivity index (χ4n) is 2.43. The number of anilines is 1. The zero-order chi connectivity index (χ0) is 18.1. The molecule has 0 bridgehead atoms. The van der Waals surface area contributed by atoms with Gasteiger partial charge in [-0.3, -0.25) is 10.1 Å². The second-order valence-electron chi connectivity index (χ2n) is 5.59. The van der Waals surface area contributed by atoms with Gasteiger partial charge < -0.3 is 0 Å². The number of benzene rings is 1. The van der Waals surface area contributed by atoms with E-state index in [4.69, 9.17) is 11.6 Å². The van der Waals surface area contributed by atoms with E-state index in [9.17, 15) is 4.79 Å². The number of hydrogen-bond acceptors (Lipinski definition) is 6. The SMILES string of the molecule is Cc1ccnc2nc(C(=O)Nc3ncc(Cc4ccccc4Cl)s3)nn12. The van der Waals surface area contributed by atoms with Gasteiger partial charge in [0.2, 0.25) is 5.82 Å². The number of hydrogen-bond donors (Lipinski definition) is 1. The van der Waals surface area contributed by atoms with E-state index >= 15 is 0 Å². The number of amides is 1. The maximum Gasteiger partial charge on any atom is 0.297 e. The molecule has 130 valence electrons. The molecule has 4 aromatic rings. The summed E-state index contributed by atoms with van der Waals surface area (Å²) in [5, 5.41) is 8.11. The van der Waals surface area contributed by atoms with Crippen LogP contribution in [0.1, 0.15) is 26.8 Å². The number of carbonyl (C=O) groups excluding carboxylic acids is 1. The largest absolute Gasteiger partial charge is 0.297 e. The number of rotatable bonds is 4. The summed E-state index contributed by atoms with van der Waals surface area (Å²) >= 11 is 7.58. The second kappa shape index (κ2) is 6.81. The van der Waals surface area contributed by atoms with Gasteiger partial charge in [0.25, 0.3) is 11.7 Å². The lowest BCUT2D eigenvalue weighted by molar-refractivity contribution is 0.101. The van der Waals surface area contributed by atoms with Crippen molar-refractivity contribution in [1.82, 2.24) is 24.6 Å². The predicted octanol–water partition coefficient (Wildman–Crippen LogP) is 3.39. The summed E-state index contributed by atoms with van der Waals surface area (Å²) < 4.78 is 1.53. The quantitative estimate of drug-likeness (QED) is 0.583. The van der Waals surface area contributed by atoms with E-state index in [1.54, 1.807) is 18.5 Å². The Kier molecular flexibility index (Phi) is 4.36. The number of fused-ring (bicyclic) bond motifs is 1. The zero-order valence-electron chi connectivity index (χ0n) is 13.7. The smallest absolute Gasteiger partial charge is 0.295 e. The number of aryl methyl sites for hydroxylation is 1. The van der Waals surface area contributed by atoms with Crippen LogP contribution in [0.3, 0.4) is 0 Å². The highest BCUT2D eigenvalue weighted by Gasteiger charge is 2.16. The Bertz CT molecular complexity index is 1110. The summed E-state index contributed by atoms with van der Waals surface area (Å²) in [4.78, 5) is 25.9. The van der Waals surface area contributed by atoms with Gasteiger partial charge in [-0.1, -0.05) is 29.8 Å². The van der Waals surface area contributed by atoms with Crippen molar-refractivity contribution in [3.05, 3.63) is 69.7 Å². The first-order valence-corrected chi connectivity index (χ1v) is 8.97. The maximum absolute atomic E-state index is 12.4. The van der Waals surface area contributed by atoms with Crippen LogP contribution in [0.25, 0.3) is 5.78 Å². The van der Waals surface area contributed by atoms with E-state index in [2.05, 4.69) is 25.4 Å². The summed E-state index contributed by atoms with van der Waals surface area (Å²) in [6.45, 7) is 1.87. The lowest BCUT2D eigenvalue weighted by Gasteiger charge is -2.00. The highest BCUT2D eigenvalue weighted by Crippen LogP contribution is 2.24. The van der Waals surface area contributed by atoms with Gasteiger partial charge in [0.05, 0.1) is 0 Å². The minimum atomic E-state index is -0.423. The molecule has 0 saturated heterocycles. The average Bonchev–Trinajstić information content (AvgIpc) is 3.25. The monoisotopic (exact) mass is 384 g/mol. The Balaban J connectivity index is 1.50. The van der Waals surface area contributed by atoms with Crippen LogP contribution in [0.2, 0.25) is 5.02 Å². The number of thiazole rings is 1. The van der Waals surface area contributed by atoms with Gasteiger partial charge in [-0.05, 0) is 24.6 Å². The molecule has 4 rings (SSSR count). The summed E-state index contributed by atoms with van der Waals surface area (Å²) in [7, 11) is 0. The van der Waals surface area contributed by atoms with E-state index in [0.29, 0.717) is 22.4 Å². The van der Waals surface area contributed by atoms with Crippen molar-refractivity contribution in [2.75, 3.05) is 5.32 Å². The molecule has 0 aliphatic carbocycles. The molecule has 3 aromatic heterocycles. The average molecular weight is 385 g/mol. The van der Waals surface area contributed by atoms with Crippen molar-refractivity contribution in [1.29, 1.82) is 0 Å². The summed E-state index contributed by atoms with van der Waals surface area (Å²) in [6.07, 6.45) is 4.01. The Morgan fingerprint density at radius 2 is 2.12 bits per heavy atom. The Hall–Kier alpha value is -2.84. The molecule has 1 N–H and O–H groups in total. The first kappa shape index (κ1) is 16.6. The normalized spacial score (nSPS) is 11.0. The van der Waals surface area contributed by atoms with E-state index in [0.717, 1.165) is 16.1 Å². The maximum atomic E-state index is 12.4. The third kappa shape index (κ3) is 3.29. The molecule has 9 heteroatoms. The van der Waals surface area contributed by atoms with Gasteiger partial charge in [0, 0.05) is 34.4 Å². The fourth-order valence-corrected chi connectivity index (χ4v) is 3.47. The van der Waals surface area contributed by atoms with Crippen molar-refractivity contribution in [2.24, 2.45) is 0 Å². The molecule has 3 heterocycles. The molecular formula is C17H13ClN6OS. The molecule has 0 atom stereocenters.